The van der Waals surface area contributed by atoms with E-state index in [1.807, 2.05) is 20.8 Å². The average molecular weight is 309 g/mol. The van der Waals surface area contributed by atoms with Gasteiger partial charge in [-0.1, -0.05) is 31.5 Å². The van der Waals surface area contributed by atoms with E-state index in [9.17, 15) is 4.39 Å². The quantitative estimate of drug-likeness (QED) is 0.874. The third kappa shape index (κ3) is 3.24. The van der Waals surface area contributed by atoms with Gasteiger partial charge in [-0.05, 0) is 19.1 Å². The molecule has 0 unspecified atom stereocenters. The van der Waals surface area contributed by atoms with E-state index in [0.717, 1.165) is 11.4 Å². The summed E-state index contributed by atoms with van der Waals surface area (Å²) in [5, 5.41) is 6.11. The summed E-state index contributed by atoms with van der Waals surface area (Å²) in [4.78, 5) is 8.92. The first-order chi connectivity index (χ1) is 9.93. The van der Waals surface area contributed by atoms with Crippen molar-refractivity contribution in [1.29, 1.82) is 0 Å². The summed E-state index contributed by atoms with van der Waals surface area (Å²) < 4.78 is 14.0. The lowest BCUT2D eigenvalue weighted by Gasteiger charge is -2.15. The molecule has 0 amide bonds. The van der Waals surface area contributed by atoms with Crippen LogP contribution in [0.4, 0.5) is 21.7 Å². The van der Waals surface area contributed by atoms with Gasteiger partial charge in [-0.2, -0.15) is 0 Å². The number of hydrogen-bond donors (Lipinski definition) is 2. The minimum Gasteiger partial charge on any atom is -0.373 e. The Morgan fingerprint density at radius 1 is 1.19 bits per heavy atom. The normalized spacial score (nSPS) is 10.8. The summed E-state index contributed by atoms with van der Waals surface area (Å²) in [7, 11) is 1.79. The van der Waals surface area contributed by atoms with Gasteiger partial charge in [0.25, 0.3) is 0 Å². The number of rotatable bonds is 4. The fourth-order valence-electron chi connectivity index (χ4n) is 1.89. The Hall–Kier alpha value is -1.88. The number of aromatic nitrogens is 2. The first-order valence-corrected chi connectivity index (χ1v) is 7.09. The van der Waals surface area contributed by atoms with Gasteiger partial charge < -0.3 is 10.6 Å². The zero-order valence-corrected chi connectivity index (χ0v) is 13.2. The van der Waals surface area contributed by atoms with E-state index in [4.69, 9.17) is 11.6 Å². The lowest BCUT2D eigenvalue weighted by atomic mass is 10.2. The molecule has 0 bridgehead atoms. The van der Waals surface area contributed by atoms with Crippen molar-refractivity contribution in [3.8, 4) is 0 Å². The Kier molecular flexibility index (Phi) is 4.63. The van der Waals surface area contributed by atoms with Crippen molar-refractivity contribution in [2.24, 2.45) is 0 Å². The highest BCUT2D eigenvalue weighted by Gasteiger charge is 2.14. The third-order valence-corrected chi connectivity index (χ3v) is 3.41. The van der Waals surface area contributed by atoms with Crippen molar-refractivity contribution < 1.29 is 4.39 Å². The molecule has 0 spiro atoms. The summed E-state index contributed by atoms with van der Waals surface area (Å²) in [5.74, 6) is 1.66. The van der Waals surface area contributed by atoms with Crippen molar-refractivity contribution in [2.75, 3.05) is 17.7 Å². The van der Waals surface area contributed by atoms with Crippen LogP contribution < -0.4 is 10.6 Å². The predicted molar refractivity (Wildman–Crippen MR) is 85.1 cm³/mol. The molecular weight excluding hydrogens is 291 g/mol. The van der Waals surface area contributed by atoms with Gasteiger partial charge in [0.1, 0.15) is 17.5 Å². The van der Waals surface area contributed by atoms with Gasteiger partial charge in [-0.15, -0.1) is 0 Å². The molecule has 2 aromatic rings. The smallest absolute Gasteiger partial charge is 0.165 e. The molecule has 0 radical (unpaired) electrons. The summed E-state index contributed by atoms with van der Waals surface area (Å²) >= 11 is 5.80. The Balaban J connectivity index is 2.48. The first kappa shape index (κ1) is 15.5. The molecule has 0 fully saturated rings. The molecule has 1 heterocycles. The Morgan fingerprint density at radius 2 is 1.86 bits per heavy atom. The van der Waals surface area contributed by atoms with Gasteiger partial charge in [0.05, 0.1) is 10.7 Å². The topological polar surface area (TPSA) is 49.8 Å². The summed E-state index contributed by atoms with van der Waals surface area (Å²) in [6, 6.07) is 4.82. The summed E-state index contributed by atoms with van der Waals surface area (Å²) in [5.41, 5.74) is 1.11. The molecule has 4 nitrogen and oxygen atoms in total. The Bertz CT molecular complexity index is 658. The van der Waals surface area contributed by atoms with Crippen molar-refractivity contribution in [3.63, 3.8) is 0 Å². The zero-order valence-electron chi connectivity index (χ0n) is 12.5. The van der Waals surface area contributed by atoms with Crippen LogP contribution in [0.5, 0.6) is 0 Å². The van der Waals surface area contributed by atoms with E-state index in [1.54, 1.807) is 19.2 Å². The third-order valence-electron chi connectivity index (χ3n) is 3.12. The lowest BCUT2D eigenvalue weighted by molar-refractivity contribution is 0.632. The van der Waals surface area contributed by atoms with Gasteiger partial charge in [0, 0.05) is 18.5 Å². The molecular formula is C15H18ClFN4. The molecule has 1 aromatic heterocycles. The number of nitrogens with one attached hydrogen (secondary N) is 2. The molecule has 0 aliphatic heterocycles. The maximum atomic E-state index is 14.0. The highest BCUT2D eigenvalue weighted by atomic mass is 35.5. The van der Waals surface area contributed by atoms with Crippen molar-refractivity contribution in [1.82, 2.24) is 9.97 Å². The molecule has 6 heteroatoms. The Morgan fingerprint density at radius 3 is 2.48 bits per heavy atom. The number of benzene rings is 1. The molecule has 21 heavy (non-hydrogen) atoms. The second-order valence-electron chi connectivity index (χ2n) is 5.04. The summed E-state index contributed by atoms with van der Waals surface area (Å²) in [6.45, 7) is 5.89. The standard InChI is InChI=1S/C15H18ClFN4/c1-8(2)13-20-14(18-4)9(3)15(21-13)19-11-7-5-6-10(16)12(11)17/h5-8H,1-4H3,(H2,18,19,20,21). The highest BCUT2D eigenvalue weighted by Crippen LogP contribution is 2.29. The van der Waals surface area contributed by atoms with Gasteiger partial charge >= 0.3 is 0 Å². The molecule has 0 aliphatic carbocycles. The molecule has 1 aromatic carbocycles. The molecule has 2 rings (SSSR count). The summed E-state index contributed by atoms with van der Waals surface area (Å²) in [6.07, 6.45) is 0. The fraction of sp³-hybridized carbons (Fsp3) is 0.333. The first-order valence-electron chi connectivity index (χ1n) is 6.71. The van der Waals surface area contributed by atoms with Crippen LogP contribution in [0.1, 0.15) is 31.2 Å². The monoisotopic (exact) mass is 308 g/mol. The van der Waals surface area contributed by atoms with Gasteiger partial charge in [0.15, 0.2) is 5.82 Å². The van der Waals surface area contributed by atoms with Crippen LogP contribution in [-0.4, -0.2) is 17.0 Å². The van der Waals surface area contributed by atoms with E-state index >= 15 is 0 Å². The number of nitrogens with zero attached hydrogens (tertiary/aromatic N) is 2. The van der Waals surface area contributed by atoms with Crippen LogP contribution >= 0.6 is 11.6 Å². The molecule has 0 aliphatic rings. The van der Waals surface area contributed by atoms with Crippen LogP contribution in [0.2, 0.25) is 5.02 Å². The SMILES string of the molecule is CNc1nc(C(C)C)nc(Nc2cccc(Cl)c2F)c1C. The number of hydrogen-bond acceptors (Lipinski definition) is 4. The molecule has 0 atom stereocenters. The Labute approximate surface area is 128 Å². The molecule has 112 valence electrons. The predicted octanol–water partition coefficient (Wildman–Crippen LogP) is 4.49. The second kappa shape index (κ2) is 6.26. The van der Waals surface area contributed by atoms with Gasteiger partial charge in [-0.25, -0.2) is 14.4 Å². The van der Waals surface area contributed by atoms with E-state index in [0.29, 0.717) is 17.3 Å². The number of halogens is 2. The van der Waals surface area contributed by atoms with Crippen LogP contribution in [-0.2, 0) is 0 Å². The van der Waals surface area contributed by atoms with E-state index < -0.39 is 5.82 Å². The lowest BCUT2D eigenvalue weighted by Crippen LogP contribution is -2.09. The minimum atomic E-state index is -0.491. The van der Waals surface area contributed by atoms with Crippen molar-refractivity contribution >= 4 is 28.9 Å². The molecule has 0 saturated carbocycles. The van der Waals surface area contributed by atoms with E-state index in [2.05, 4.69) is 20.6 Å². The van der Waals surface area contributed by atoms with Gasteiger partial charge in [-0.3, -0.25) is 0 Å². The van der Waals surface area contributed by atoms with Crippen molar-refractivity contribution in [2.45, 2.75) is 26.7 Å². The molecule has 0 saturated heterocycles. The molecule has 2 N–H and O–H groups in total. The average Bonchev–Trinajstić information content (AvgIpc) is 2.45. The van der Waals surface area contributed by atoms with Crippen LogP contribution in [0.3, 0.4) is 0 Å². The largest absolute Gasteiger partial charge is 0.373 e. The minimum absolute atomic E-state index is 0.0737. The maximum Gasteiger partial charge on any atom is 0.165 e. The van der Waals surface area contributed by atoms with Crippen molar-refractivity contribution in [3.05, 3.63) is 40.4 Å². The van der Waals surface area contributed by atoms with E-state index in [-0.39, 0.29) is 10.9 Å². The highest BCUT2D eigenvalue weighted by molar-refractivity contribution is 6.31. The van der Waals surface area contributed by atoms with Crippen LogP contribution in [0, 0.1) is 12.7 Å². The van der Waals surface area contributed by atoms with Gasteiger partial charge in [0.2, 0.25) is 0 Å². The fourth-order valence-corrected chi connectivity index (χ4v) is 2.06. The maximum absolute atomic E-state index is 14.0. The zero-order chi connectivity index (χ0) is 15.6. The van der Waals surface area contributed by atoms with E-state index in [1.165, 1.54) is 6.07 Å². The van der Waals surface area contributed by atoms with Crippen LogP contribution in [0.15, 0.2) is 18.2 Å². The number of anilines is 3. The second-order valence-corrected chi connectivity index (χ2v) is 5.44. The van der Waals surface area contributed by atoms with Crippen LogP contribution in [0.25, 0.3) is 0 Å².